The van der Waals surface area contributed by atoms with Crippen LogP contribution in [0, 0.1) is 0 Å². The molecule has 4 heteroatoms. The summed E-state index contributed by atoms with van der Waals surface area (Å²) in [6, 6.07) is 0. The normalized spacial score (nSPS) is 11.4. The summed E-state index contributed by atoms with van der Waals surface area (Å²) in [6.07, 6.45) is 2.45. The van der Waals surface area contributed by atoms with Gasteiger partial charge in [-0.25, -0.2) is 4.79 Å². The first-order valence-electron chi connectivity index (χ1n) is 3.79. The molecule has 0 fully saturated rings. The van der Waals surface area contributed by atoms with Crippen molar-refractivity contribution >= 4 is 5.97 Å². The first-order valence-corrected chi connectivity index (χ1v) is 3.79. The summed E-state index contributed by atoms with van der Waals surface area (Å²) in [7, 11) is 3.53. The van der Waals surface area contributed by atoms with Crippen LogP contribution in [0.1, 0.15) is 12.8 Å². The maximum atomic E-state index is 10.6. The average Bonchev–Trinajstić information content (AvgIpc) is 1.96. The monoisotopic (exact) mass is 173 g/mol. The fourth-order valence-corrected chi connectivity index (χ4v) is 0.808. The van der Waals surface area contributed by atoms with Crippen LogP contribution in [0.2, 0.25) is 0 Å². The molecule has 0 aromatic heterocycles. The molecule has 0 saturated carbocycles. The van der Waals surface area contributed by atoms with Crippen LogP contribution < -0.4 is 0 Å². The first kappa shape index (κ1) is 11.0. The molecule has 0 aromatic rings. The number of hydrogen-bond donors (Lipinski definition) is 2. The molecule has 0 bridgehead atoms. The summed E-state index contributed by atoms with van der Waals surface area (Å²) in [5, 5.41) is 17.2. The van der Waals surface area contributed by atoms with E-state index in [1.54, 1.807) is 25.2 Å². The summed E-state index contributed by atoms with van der Waals surface area (Å²) < 4.78 is 0. The summed E-state index contributed by atoms with van der Waals surface area (Å²) >= 11 is 0. The van der Waals surface area contributed by atoms with E-state index in [1.165, 1.54) is 0 Å². The molecule has 0 heterocycles. The van der Waals surface area contributed by atoms with Gasteiger partial charge in [-0.15, -0.1) is 0 Å². The molecule has 0 amide bonds. The Bertz CT molecular complexity index is 175. The van der Waals surface area contributed by atoms with Crippen molar-refractivity contribution in [2.75, 3.05) is 20.7 Å². The van der Waals surface area contributed by atoms with Crippen LogP contribution in [-0.4, -0.2) is 41.8 Å². The molecule has 0 saturated heterocycles. The van der Waals surface area contributed by atoms with Crippen molar-refractivity contribution in [3.8, 4) is 0 Å². The van der Waals surface area contributed by atoms with Gasteiger partial charge in [0.05, 0.1) is 5.57 Å². The molecule has 2 N–H and O–H groups in total. The second kappa shape index (κ2) is 5.60. The number of aliphatic hydroxyl groups is 1. The molecule has 0 aromatic carbocycles. The Hall–Kier alpha value is -1.03. The third kappa shape index (κ3) is 4.73. The van der Waals surface area contributed by atoms with Crippen LogP contribution >= 0.6 is 0 Å². The van der Waals surface area contributed by atoms with E-state index in [9.17, 15) is 4.79 Å². The molecular formula is C8H15NO3. The SMILES string of the molecule is CN(C)C=C(CCCO)C(=O)O. The summed E-state index contributed by atoms with van der Waals surface area (Å²) in [5.41, 5.74) is 0.328. The molecule has 0 spiro atoms. The Balaban J connectivity index is 4.13. The lowest BCUT2D eigenvalue weighted by Gasteiger charge is -2.07. The number of hydrogen-bond acceptors (Lipinski definition) is 3. The minimum atomic E-state index is -0.919. The van der Waals surface area contributed by atoms with Gasteiger partial charge in [0.2, 0.25) is 0 Å². The van der Waals surface area contributed by atoms with Gasteiger partial charge in [0.25, 0.3) is 0 Å². The molecule has 0 rings (SSSR count). The van der Waals surface area contributed by atoms with Gasteiger partial charge in [-0.1, -0.05) is 0 Å². The molecule has 70 valence electrons. The molecule has 0 radical (unpaired) electrons. The number of nitrogens with zero attached hydrogens (tertiary/aromatic N) is 1. The lowest BCUT2D eigenvalue weighted by molar-refractivity contribution is -0.132. The second-order valence-electron chi connectivity index (χ2n) is 2.75. The molecule has 0 aliphatic rings. The standard InChI is InChI=1S/C8H15NO3/c1-9(2)6-7(8(11)12)4-3-5-10/h6,10H,3-5H2,1-2H3,(H,11,12). The molecular weight excluding hydrogens is 158 g/mol. The fraction of sp³-hybridized carbons (Fsp3) is 0.625. The zero-order chi connectivity index (χ0) is 9.56. The number of rotatable bonds is 5. The Morgan fingerprint density at radius 1 is 1.50 bits per heavy atom. The van der Waals surface area contributed by atoms with E-state index in [1.807, 2.05) is 0 Å². The van der Waals surface area contributed by atoms with E-state index >= 15 is 0 Å². The highest BCUT2D eigenvalue weighted by Gasteiger charge is 2.06. The number of aliphatic carboxylic acids is 1. The van der Waals surface area contributed by atoms with E-state index in [-0.39, 0.29) is 6.61 Å². The van der Waals surface area contributed by atoms with Gasteiger partial charge < -0.3 is 15.1 Å². The molecule has 0 aliphatic carbocycles. The van der Waals surface area contributed by atoms with Crippen molar-refractivity contribution in [2.24, 2.45) is 0 Å². The third-order valence-corrected chi connectivity index (χ3v) is 1.29. The minimum Gasteiger partial charge on any atom is -0.478 e. The minimum absolute atomic E-state index is 0.0258. The Morgan fingerprint density at radius 2 is 2.08 bits per heavy atom. The van der Waals surface area contributed by atoms with E-state index in [0.717, 1.165) is 0 Å². The lowest BCUT2D eigenvalue weighted by atomic mass is 10.1. The molecule has 0 aliphatic heterocycles. The molecule has 12 heavy (non-hydrogen) atoms. The van der Waals surface area contributed by atoms with E-state index in [2.05, 4.69) is 0 Å². The van der Waals surface area contributed by atoms with Crippen LogP contribution in [-0.2, 0) is 4.79 Å². The number of aliphatic hydroxyl groups excluding tert-OH is 1. The first-order chi connectivity index (χ1) is 5.57. The number of carboxylic acids is 1. The zero-order valence-electron chi connectivity index (χ0n) is 7.45. The van der Waals surface area contributed by atoms with Crippen LogP contribution in [0.5, 0.6) is 0 Å². The van der Waals surface area contributed by atoms with Crippen LogP contribution in [0.4, 0.5) is 0 Å². The highest BCUT2D eigenvalue weighted by atomic mass is 16.4. The van der Waals surface area contributed by atoms with Gasteiger partial charge in [0.1, 0.15) is 0 Å². The van der Waals surface area contributed by atoms with Gasteiger partial charge in [0.15, 0.2) is 0 Å². The van der Waals surface area contributed by atoms with Gasteiger partial charge >= 0.3 is 5.97 Å². The fourth-order valence-electron chi connectivity index (χ4n) is 0.808. The highest BCUT2D eigenvalue weighted by molar-refractivity contribution is 5.86. The lowest BCUT2D eigenvalue weighted by Crippen LogP contribution is -2.09. The number of carboxylic acid groups (broad SMARTS) is 1. The van der Waals surface area contributed by atoms with Crippen molar-refractivity contribution in [1.82, 2.24) is 4.90 Å². The number of carbonyl (C=O) groups is 1. The summed E-state index contributed by atoms with van der Waals surface area (Å²) in [4.78, 5) is 12.2. The van der Waals surface area contributed by atoms with Crippen molar-refractivity contribution < 1.29 is 15.0 Å². The van der Waals surface area contributed by atoms with Gasteiger partial charge in [-0.2, -0.15) is 0 Å². The largest absolute Gasteiger partial charge is 0.478 e. The van der Waals surface area contributed by atoms with Crippen LogP contribution in [0.3, 0.4) is 0 Å². The van der Waals surface area contributed by atoms with Gasteiger partial charge in [-0.05, 0) is 12.8 Å². The zero-order valence-corrected chi connectivity index (χ0v) is 7.45. The Morgan fingerprint density at radius 3 is 2.42 bits per heavy atom. The summed E-state index contributed by atoms with van der Waals surface area (Å²) in [5.74, 6) is -0.919. The predicted octanol–water partition coefficient (Wildman–Crippen LogP) is 0.289. The Kier molecular flexibility index (Phi) is 5.12. The van der Waals surface area contributed by atoms with Crippen molar-refractivity contribution in [1.29, 1.82) is 0 Å². The molecule has 0 unspecified atom stereocenters. The van der Waals surface area contributed by atoms with E-state index in [4.69, 9.17) is 10.2 Å². The van der Waals surface area contributed by atoms with Gasteiger partial charge in [-0.3, -0.25) is 0 Å². The highest BCUT2D eigenvalue weighted by Crippen LogP contribution is 2.05. The van der Waals surface area contributed by atoms with Crippen LogP contribution in [0.15, 0.2) is 11.8 Å². The average molecular weight is 173 g/mol. The van der Waals surface area contributed by atoms with Crippen molar-refractivity contribution in [2.45, 2.75) is 12.8 Å². The topological polar surface area (TPSA) is 60.8 Å². The third-order valence-electron chi connectivity index (χ3n) is 1.29. The van der Waals surface area contributed by atoms with Crippen molar-refractivity contribution in [3.05, 3.63) is 11.8 Å². The Labute approximate surface area is 72.1 Å². The van der Waals surface area contributed by atoms with Crippen molar-refractivity contribution in [3.63, 3.8) is 0 Å². The maximum absolute atomic E-state index is 10.6. The molecule has 4 nitrogen and oxygen atoms in total. The molecule has 0 atom stereocenters. The quantitative estimate of drug-likeness (QED) is 0.586. The van der Waals surface area contributed by atoms with Gasteiger partial charge in [0, 0.05) is 26.9 Å². The van der Waals surface area contributed by atoms with E-state index < -0.39 is 5.97 Å². The summed E-state index contributed by atoms with van der Waals surface area (Å²) in [6.45, 7) is 0.0258. The maximum Gasteiger partial charge on any atom is 0.333 e. The van der Waals surface area contributed by atoms with E-state index in [0.29, 0.717) is 18.4 Å². The predicted molar refractivity (Wildman–Crippen MR) is 45.7 cm³/mol. The van der Waals surface area contributed by atoms with Crippen LogP contribution in [0.25, 0.3) is 0 Å². The second-order valence-corrected chi connectivity index (χ2v) is 2.75. The smallest absolute Gasteiger partial charge is 0.333 e.